The van der Waals surface area contributed by atoms with Crippen LogP contribution < -0.4 is 10.6 Å². The van der Waals surface area contributed by atoms with Crippen LogP contribution in [0.25, 0.3) is 0 Å². The second-order valence-electron chi connectivity index (χ2n) is 5.40. The number of hydrogen-bond donors (Lipinski definition) is 1. The molecule has 0 bridgehead atoms. The lowest BCUT2D eigenvalue weighted by molar-refractivity contribution is 0.246. The maximum Gasteiger partial charge on any atom is 0.0361 e. The lowest BCUT2D eigenvalue weighted by atomic mass is 10.0. The van der Waals surface area contributed by atoms with Gasteiger partial charge in [-0.2, -0.15) is 0 Å². The SMILES string of the molecule is CN(C)c1ccc(CC(CN)N2CCCC2)cc1. The third kappa shape index (κ3) is 3.24. The topological polar surface area (TPSA) is 32.5 Å². The molecule has 3 nitrogen and oxygen atoms in total. The van der Waals surface area contributed by atoms with Crippen LogP contribution in [0.2, 0.25) is 0 Å². The third-order valence-electron chi connectivity index (χ3n) is 3.85. The maximum absolute atomic E-state index is 5.93. The Morgan fingerprint density at radius 3 is 2.28 bits per heavy atom. The van der Waals surface area contributed by atoms with Crippen molar-refractivity contribution in [1.29, 1.82) is 0 Å². The zero-order valence-electron chi connectivity index (χ0n) is 11.6. The highest BCUT2D eigenvalue weighted by Gasteiger charge is 2.20. The Hall–Kier alpha value is -1.06. The fraction of sp³-hybridized carbons (Fsp3) is 0.600. The first kappa shape index (κ1) is 13.4. The molecule has 1 aromatic carbocycles. The summed E-state index contributed by atoms with van der Waals surface area (Å²) in [6, 6.07) is 9.35. The first-order valence-corrected chi connectivity index (χ1v) is 6.91. The van der Waals surface area contributed by atoms with Crippen LogP contribution in [0, 0.1) is 0 Å². The summed E-state index contributed by atoms with van der Waals surface area (Å²) in [5.41, 5.74) is 8.57. The van der Waals surface area contributed by atoms with Crippen molar-refractivity contribution >= 4 is 5.69 Å². The summed E-state index contributed by atoms with van der Waals surface area (Å²) in [6.07, 6.45) is 3.73. The number of rotatable bonds is 5. The summed E-state index contributed by atoms with van der Waals surface area (Å²) in [7, 11) is 4.14. The summed E-state index contributed by atoms with van der Waals surface area (Å²) in [6.45, 7) is 3.20. The minimum absolute atomic E-state index is 0.512. The predicted molar refractivity (Wildman–Crippen MR) is 78.1 cm³/mol. The normalized spacial score (nSPS) is 17.9. The van der Waals surface area contributed by atoms with Crippen LogP contribution in [-0.4, -0.2) is 44.7 Å². The van der Waals surface area contributed by atoms with E-state index < -0.39 is 0 Å². The van der Waals surface area contributed by atoms with Crippen LogP contribution in [-0.2, 0) is 6.42 Å². The molecule has 1 saturated heterocycles. The van der Waals surface area contributed by atoms with Crippen LogP contribution in [0.5, 0.6) is 0 Å². The van der Waals surface area contributed by atoms with E-state index in [1.54, 1.807) is 0 Å². The molecule has 1 aromatic rings. The van der Waals surface area contributed by atoms with Gasteiger partial charge in [-0.05, 0) is 50.0 Å². The molecule has 1 unspecified atom stereocenters. The van der Waals surface area contributed by atoms with Crippen LogP contribution in [0.15, 0.2) is 24.3 Å². The Bertz CT molecular complexity index is 353. The van der Waals surface area contributed by atoms with E-state index in [2.05, 4.69) is 48.2 Å². The minimum Gasteiger partial charge on any atom is -0.378 e. The summed E-state index contributed by atoms with van der Waals surface area (Å²) in [5, 5.41) is 0. The molecule has 0 amide bonds. The molecule has 1 aliphatic heterocycles. The molecule has 2 N–H and O–H groups in total. The average Bonchev–Trinajstić information content (AvgIpc) is 2.90. The molecule has 1 heterocycles. The number of anilines is 1. The highest BCUT2D eigenvalue weighted by atomic mass is 15.2. The molecule has 0 radical (unpaired) electrons. The van der Waals surface area contributed by atoms with Gasteiger partial charge in [0, 0.05) is 32.4 Å². The average molecular weight is 247 g/mol. The quantitative estimate of drug-likeness (QED) is 0.860. The molecule has 0 aromatic heterocycles. The fourth-order valence-corrected chi connectivity index (χ4v) is 2.67. The Morgan fingerprint density at radius 1 is 1.17 bits per heavy atom. The fourth-order valence-electron chi connectivity index (χ4n) is 2.67. The van der Waals surface area contributed by atoms with Crippen LogP contribution in [0.1, 0.15) is 18.4 Å². The number of likely N-dealkylation sites (tertiary alicyclic amines) is 1. The number of nitrogens with two attached hydrogens (primary N) is 1. The second-order valence-corrected chi connectivity index (χ2v) is 5.40. The Labute approximate surface area is 111 Å². The van der Waals surface area contributed by atoms with Gasteiger partial charge >= 0.3 is 0 Å². The highest BCUT2D eigenvalue weighted by Crippen LogP contribution is 2.17. The molecule has 18 heavy (non-hydrogen) atoms. The van der Waals surface area contributed by atoms with Gasteiger partial charge in [-0.1, -0.05) is 12.1 Å². The standard InChI is InChI=1S/C15H25N3/c1-17(2)14-7-5-13(6-8-14)11-15(12-16)18-9-3-4-10-18/h5-8,15H,3-4,9-12,16H2,1-2H3. The summed E-state index contributed by atoms with van der Waals surface area (Å²) in [4.78, 5) is 4.67. The van der Waals surface area contributed by atoms with Gasteiger partial charge in [0.1, 0.15) is 0 Å². The van der Waals surface area contributed by atoms with Crippen molar-refractivity contribution in [3.8, 4) is 0 Å². The highest BCUT2D eigenvalue weighted by molar-refractivity contribution is 5.46. The summed E-state index contributed by atoms with van der Waals surface area (Å²) >= 11 is 0. The molecule has 3 heteroatoms. The van der Waals surface area contributed by atoms with Crippen LogP contribution >= 0.6 is 0 Å². The summed E-state index contributed by atoms with van der Waals surface area (Å²) in [5.74, 6) is 0. The van der Waals surface area contributed by atoms with E-state index in [0.717, 1.165) is 13.0 Å². The molecule has 100 valence electrons. The molecule has 0 aliphatic carbocycles. The molecule has 2 rings (SSSR count). The van der Waals surface area contributed by atoms with E-state index in [4.69, 9.17) is 5.73 Å². The van der Waals surface area contributed by atoms with Gasteiger partial charge in [0.2, 0.25) is 0 Å². The molecular weight excluding hydrogens is 222 g/mol. The first-order chi connectivity index (χ1) is 8.70. The van der Waals surface area contributed by atoms with Gasteiger partial charge in [-0.3, -0.25) is 4.90 Å². The smallest absolute Gasteiger partial charge is 0.0361 e. The third-order valence-corrected chi connectivity index (χ3v) is 3.85. The van der Waals surface area contributed by atoms with Gasteiger partial charge in [0.05, 0.1) is 0 Å². The molecule has 1 fully saturated rings. The van der Waals surface area contributed by atoms with Crippen molar-refractivity contribution in [2.45, 2.75) is 25.3 Å². The molecule has 0 spiro atoms. The van der Waals surface area contributed by atoms with Crippen molar-refractivity contribution in [3.05, 3.63) is 29.8 Å². The first-order valence-electron chi connectivity index (χ1n) is 6.91. The maximum atomic E-state index is 5.93. The van der Waals surface area contributed by atoms with Gasteiger partial charge in [0.15, 0.2) is 0 Å². The molecule has 1 atom stereocenters. The minimum atomic E-state index is 0.512. The van der Waals surface area contributed by atoms with Gasteiger partial charge < -0.3 is 10.6 Å². The number of hydrogen-bond acceptors (Lipinski definition) is 3. The zero-order valence-corrected chi connectivity index (χ0v) is 11.6. The summed E-state index contributed by atoms with van der Waals surface area (Å²) < 4.78 is 0. The van der Waals surface area contributed by atoms with E-state index in [0.29, 0.717) is 6.04 Å². The van der Waals surface area contributed by atoms with Crippen molar-refractivity contribution < 1.29 is 0 Å². The van der Waals surface area contributed by atoms with E-state index in [-0.39, 0.29) is 0 Å². The predicted octanol–water partition coefficient (Wildman–Crippen LogP) is 1.72. The Kier molecular flexibility index (Phi) is 4.61. The van der Waals surface area contributed by atoms with E-state index >= 15 is 0 Å². The second kappa shape index (κ2) is 6.21. The van der Waals surface area contributed by atoms with Crippen molar-refractivity contribution in [2.24, 2.45) is 5.73 Å². The molecule has 0 saturated carbocycles. The van der Waals surface area contributed by atoms with Crippen molar-refractivity contribution in [1.82, 2.24) is 4.90 Å². The van der Waals surface area contributed by atoms with Crippen LogP contribution in [0.4, 0.5) is 5.69 Å². The van der Waals surface area contributed by atoms with Crippen molar-refractivity contribution in [2.75, 3.05) is 38.6 Å². The van der Waals surface area contributed by atoms with Gasteiger partial charge in [0.25, 0.3) is 0 Å². The van der Waals surface area contributed by atoms with E-state index in [1.165, 1.54) is 37.2 Å². The largest absolute Gasteiger partial charge is 0.378 e. The number of nitrogens with zero attached hydrogens (tertiary/aromatic N) is 2. The molecular formula is C15H25N3. The van der Waals surface area contributed by atoms with Crippen LogP contribution in [0.3, 0.4) is 0 Å². The Balaban J connectivity index is 1.98. The monoisotopic (exact) mass is 247 g/mol. The lowest BCUT2D eigenvalue weighted by Gasteiger charge is -2.26. The lowest BCUT2D eigenvalue weighted by Crippen LogP contribution is -2.40. The number of benzene rings is 1. The Morgan fingerprint density at radius 2 is 1.78 bits per heavy atom. The van der Waals surface area contributed by atoms with E-state index in [9.17, 15) is 0 Å². The zero-order chi connectivity index (χ0) is 13.0. The van der Waals surface area contributed by atoms with Crippen molar-refractivity contribution in [3.63, 3.8) is 0 Å². The molecule has 1 aliphatic rings. The van der Waals surface area contributed by atoms with E-state index in [1.807, 2.05) is 0 Å². The van der Waals surface area contributed by atoms with Gasteiger partial charge in [-0.25, -0.2) is 0 Å². The van der Waals surface area contributed by atoms with Gasteiger partial charge in [-0.15, -0.1) is 0 Å².